The van der Waals surface area contributed by atoms with Gasteiger partial charge >= 0.3 is 6.09 Å². The van der Waals surface area contributed by atoms with Crippen LogP contribution in [-0.2, 0) is 4.74 Å². The number of hydrogen-bond donors (Lipinski definition) is 2. The van der Waals surface area contributed by atoms with Crippen molar-refractivity contribution in [1.29, 1.82) is 0 Å². The largest absolute Gasteiger partial charge is 0.453 e. The van der Waals surface area contributed by atoms with Gasteiger partial charge in [-0.2, -0.15) is 0 Å². The van der Waals surface area contributed by atoms with E-state index >= 15 is 0 Å². The molecular weight excluding hydrogens is 340 g/mol. The summed E-state index contributed by atoms with van der Waals surface area (Å²) in [6, 6.07) is 0.355. The molecule has 3 atom stereocenters. The molecule has 1 unspecified atom stereocenters. The van der Waals surface area contributed by atoms with E-state index in [1.165, 1.54) is 7.11 Å². The molecule has 1 fully saturated rings. The molecule has 6 heteroatoms. The fourth-order valence-corrected chi connectivity index (χ4v) is 3.86. The maximum atomic E-state index is 11.8. The van der Waals surface area contributed by atoms with E-state index in [1.807, 2.05) is 12.3 Å². The topological polar surface area (TPSA) is 70.2 Å². The van der Waals surface area contributed by atoms with Gasteiger partial charge in [0.05, 0.1) is 25.0 Å². The summed E-state index contributed by atoms with van der Waals surface area (Å²) in [5, 5.41) is 3.00. The van der Waals surface area contributed by atoms with Crippen molar-refractivity contribution in [3.63, 3.8) is 0 Å². The highest BCUT2D eigenvalue weighted by Crippen LogP contribution is 2.34. The van der Waals surface area contributed by atoms with Crippen molar-refractivity contribution in [3.8, 4) is 0 Å². The molecule has 1 saturated heterocycles. The quantitative estimate of drug-likeness (QED) is 0.675. The molecule has 2 heterocycles. The number of carbonyl (C=O) groups is 1. The number of allylic oxidation sites excluding steroid dienone is 4. The van der Waals surface area contributed by atoms with E-state index in [-0.39, 0.29) is 30.1 Å². The normalized spacial score (nSPS) is 20.3. The van der Waals surface area contributed by atoms with E-state index < -0.39 is 0 Å². The lowest BCUT2D eigenvalue weighted by Crippen LogP contribution is -2.52. The summed E-state index contributed by atoms with van der Waals surface area (Å²) in [5.74, 6) is 1.24. The van der Waals surface area contributed by atoms with Crippen LogP contribution in [0.1, 0.15) is 51.2 Å². The Bertz CT molecular complexity index is 692. The highest BCUT2D eigenvalue weighted by molar-refractivity contribution is 5.72. The molecule has 1 aromatic heterocycles. The van der Waals surface area contributed by atoms with Gasteiger partial charge in [-0.25, -0.2) is 9.78 Å². The number of ether oxygens (including phenoxy) is 1. The number of methoxy groups -OCH3 is 1. The van der Waals surface area contributed by atoms with Gasteiger partial charge < -0.3 is 15.0 Å². The Hall–Kier alpha value is -2.34. The number of alkyl carbamates (subject to hydrolysis) is 1. The zero-order chi connectivity index (χ0) is 20.0. The molecule has 0 aromatic carbocycles. The molecule has 2 N–H and O–H groups in total. The van der Waals surface area contributed by atoms with E-state index in [2.05, 4.69) is 54.1 Å². The average molecular weight is 373 g/mol. The number of amides is 1. The maximum Gasteiger partial charge on any atom is 0.407 e. The van der Waals surface area contributed by atoms with E-state index in [0.717, 1.165) is 36.5 Å². The second kappa shape index (κ2) is 9.55. The molecule has 1 amide bonds. The molecule has 0 saturated carbocycles. The van der Waals surface area contributed by atoms with Gasteiger partial charge in [0.15, 0.2) is 0 Å². The second-order valence-corrected chi connectivity index (χ2v) is 7.29. The number of aromatic nitrogens is 2. The van der Waals surface area contributed by atoms with E-state index in [9.17, 15) is 4.79 Å². The third-order valence-corrected chi connectivity index (χ3v) is 5.26. The number of aromatic amines is 1. The molecule has 2 rings (SSSR count). The highest BCUT2D eigenvalue weighted by Gasteiger charge is 2.36. The van der Waals surface area contributed by atoms with Crippen molar-refractivity contribution in [1.82, 2.24) is 20.2 Å². The average Bonchev–Trinajstić information content (AvgIpc) is 3.31. The fourth-order valence-electron chi connectivity index (χ4n) is 3.86. The molecule has 6 nitrogen and oxygen atoms in total. The van der Waals surface area contributed by atoms with Crippen LogP contribution in [0.5, 0.6) is 0 Å². The first-order valence-corrected chi connectivity index (χ1v) is 9.53. The van der Waals surface area contributed by atoms with Crippen LogP contribution in [0, 0.1) is 5.92 Å². The first-order chi connectivity index (χ1) is 12.9. The zero-order valence-electron chi connectivity index (χ0n) is 16.9. The van der Waals surface area contributed by atoms with Crippen LogP contribution < -0.4 is 5.32 Å². The number of likely N-dealkylation sites (tertiary alicyclic amines) is 1. The minimum absolute atomic E-state index is 0.00289. The van der Waals surface area contributed by atoms with Gasteiger partial charge in [0.1, 0.15) is 5.82 Å². The van der Waals surface area contributed by atoms with Crippen molar-refractivity contribution in [2.75, 3.05) is 13.7 Å². The predicted molar refractivity (Wildman–Crippen MR) is 109 cm³/mol. The zero-order valence-corrected chi connectivity index (χ0v) is 16.9. The summed E-state index contributed by atoms with van der Waals surface area (Å²) >= 11 is 0. The Morgan fingerprint density at radius 2 is 2.19 bits per heavy atom. The lowest BCUT2D eigenvalue weighted by Gasteiger charge is -2.37. The van der Waals surface area contributed by atoms with Crippen molar-refractivity contribution in [2.24, 2.45) is 5.92 Å². The smallest absolute Gasteiger partial charge is 0.407 e. The highest BCUT2D eigenvalue weighted by atomic mass is 16.5. The fraction of sp³-hybridized carbons (Fsp3) is 0.524. The van der Waals surface area contributed by atoms with Crippen molar-refractivity contribution in [3.05, 3.63) is 49.1 Å². The lowest BCUT2D eigenvalue weighted by atomic mass is 9.96. The van der Waals surface area contributed by atoms with Gasteiger partial charge in [-0.05, 0) is 37.8 Å². The predicted octanol–water partition coefficient (Wildman–Crippen LogP) is 4.07. The molecule has 0 bridgehead atoms. The first-order valence-electron chi connectivity index (χ1n) is 9.53. The van der Waals surface area contributed by atoms with Gasteiger partial charge in [0.25, 0.3) is 0 Å². The first kappa shape index (κ1) is 21.0. The molecule has 1 aliphatic rings. The van der Waals surface area contributed by atoms with Crippen LogP contribution in [0.2, 0.25) is 0 Å². The van der Waals surface area contributed by atoms with Crippen LogP contribution in [0.3, 0.4) is 0 Å². The summed E-state index contributed by atoms with van der Waals surface area (Å²) in [5.41, 5.74) is 1.90. The van der Waals surface area contributed by atoms with Gasteiger partial charge in [0, 0.05) is 12.1 Å². The Morgan fingerprint density at radius 3 is 2.78 bits per heavy atom. The van der Waals surface area contributed by atoms with Crippen LogP contribution in [0.25, 0.3) is 5.57 Å². The number of H-pyrrole nitrogens is 1. The summed E-state index contributed by atoms with van der Waals surface area (Å²) in [6.45, 7) is 15.0. The van der Waals surface area contributed by atoms with Crippen LogP contribution in [-0.4, -0.2) is 46.7 Å². The van der Waals surface area contributed by atoms with Crippen LogP contribution in [0.15, 0.2) is 37.6 Å². The summed E-state index contributed by atoms with van der Waals surface area (Å²) in [6.07, 6.45) is 9.05. The molecule has 1 aromatic rings. The van der Waals surface area contributed by atoms with Crippen LogP contribution in [0.4, 0.5) is 4.79 Å². The molecule has 148 valence electrons. The standard InChI is InChI=1S/C21H32N4O2/c1-7-10-16(8-2)17-13-22-20(23-17)18-11-9-12-25(18)15(5)19(14(3)4)24-21(26)27-6/h7-8,10,13-15,18-19H,1-2,9,11-12H2,3-6H3,(H,22,23)(H,24,26)/b16-10+/t15?,18-,19-/m0/s1. The Morgan fingerprint density at radius 1 is 1.44 bits per heavy atom. The Labute approximate surface area is 162 Å². The minimum Gasteiger partial charge on any atom is -0.453 e. The van der Waals surface area contributed by atoms with Gasteiger partial charge in [-0.1, -0.05) is 45.2 Å². The second-order valence-electron chi connectivity index (χ2n) is 7.29. The molecule has 1 aliphatic heterocycles. The van der Waals surface area contributed by atoms with E-state index in [1.54, 1.807) is 12.2 Å². The number of nitrogens with one attached hydrogen (secondary N) is 2. The number of rotatable bonds is 8. The third kappa shape index (κ3) is 4.89. The number of nitrogens with zero attached hydrogens (tertiary/aromatic N) is 2. The summed E-state index contributed by atoms with van der Waals surface area (Å²) in [7, 11) is 1.40. The van der Waals surface area contributed by atoms with Gasteiger partial charge in [-0.15, -0.1) is 0 Å². The Kier molecular flexibility index (Phi) is 7.42. The summed E-state index contributed by atoms with van der Waals surface area (Å²) in [4.78, 5) is 22.3. The maximum absolute atomic E-state index is 11.8. The molecular formula is C21H32N4O2. The van der Waals surface area contributed by atoms with Crippen molar-refractivity contribution in [2.45, 2.75) is 51.7 Å². The molecule has 0 radical (unpaired) electrons. The van der Waals surface area contributed by atoms with Crippen molar-refractivity contribution >= 4 is 11.7 Å². The van der Waals surface area contributed by atoms with Crippen molar-refractivity contribution < 1.29 is 9.53 Å². The number of hydrogen-bond acceptors (Lipinski definition) is 4. The SMILES string of the molecule is C=C/C=C(\C=C)c1cnc([C@@H]2CCCN2C(C)[C@@H](NC(=O)OC)C(C)C)[nH]1. The number of imidazole rings is 1. The molecule has 27 heavy (non-hydrogen) atoms. The molecule has 0 aliphatic carbocycles. The van der Waals surface area contributed by atoms with Gasteiger partial charge in [0.2, 0.25) is 0 Å². The number of carbonyl (C=O) groups excluding carboxylic acids is 1. The van der Waals surface area contributed by atoms with Gasteiger partial charge in [-0.3, -0.25) is 4.90 Å². The summed E-state index contributed by atoms with van der Waals surface area (Å²) < 4.78 is 4.81. The van der Waals surface area contributed by atoms with E-state index in [0.29, 0.717) is 0 Å². The molecule has 0 spiro atoms. The lowest BCUT2D eigenvalue weighted by molar-refractivity contribution is 0.116. The Balaban J connectivity index is 2.22. The monoisotopic (exact) mass is 372 g/mol. The van der Waals surface area contributed by atoms with Crippen LogP contribution >= 0.6 is 0 Å². The third-order valence-electron chi connectivity index (χ3n) is 5.26. The van der Waals surface area contributed by atoms with E-state index in [4.69, 9.17) is 4.74 Å². The minimum atomic E-state index is -0.387.